The summed E-state index contributed by atoms with van der Waals surface area (Å²) in [6.45, 7) is 14.8. The summed E-state index contributed by atoms with van der Waals surface area (Å²) in [5.74, 6) is -2.26. The van der Waals surface area contributed by atoms with Crippen molar-refractivity contribution in [2.45, 2.75) is 529 Å². The van der Waals surface area contributed by atoms with Crippen molar-refractivity contribution in [3.63, 3.8) is 0 Å². The summed E-state index contributed by atoms with van der Waals surface area (Å²) in [6, 6.07) is -2.78. The number of hydrogen-bond donors (Lipinski definition) is 6. The van der Waals surface area contributed by atoms with Gasteiger partial charge in [-0.25, -0.2) is 13.9 Å². The van der Waals surface area contributed by atoms with Crippen LogP contribution in [0.3, 0.4) is 0 Å². The molecule has 0 rings (SSSR count). The number of urea groups is 1. The molecule has 784 valence electrons. The molecule has 0 bridgehead atoms. The van der Waals surface area contributed by atoms with Gasteiger partial charge < -0.3 is 59.5 Å². The summed E-state index contributed by atoms with van der Waals surface area (Å²) in [7, 11) is -9.75. The zero-order valence-corrected chi connectivity index (χ0v) is 88.1. The third-order valence-corrected chi connectivity index (χ3v) is 25.8. The summed E-state index contributed by atoms with van der Waals surface area (Å²) in [4.78, 5) is 117. The number of esters is 4. The van der Waals surface area contributed by atoms with E-state index in [1.807, 2.05) is 0 Å². The predicted molar refractivity (Wildman–Crippen MR) is 546 cm³/mol. The normalized spacial score (nSPS) is 14.1. The molecular weight excluding hydrogens is 1740 g/mol. The van der Waals surface area contributed by atoms with Gasteiger partial charge in [-0.2, -0.15) is 0 Å². The molecule has 134 heavy (non-hydrogen) atoms. The maximum Gasteiger partial charge on any atom is 0.472 e. The minimum absolute atomic E-state index is 0.133. The Balaban J connectivity index is 6.56. The molecule has 0 saturated carbocycles. The van der Waals surface area contributed by atoms with Gasteiger partial charge in [-0.3, -0.25) is 46.9 Å². The number of ether oxygens (including phenoxy) is 6. The van der Waals surface area contributed by atoms with Crippen LogP contribution in [0, 0.1) is 0 Å². The molecule has 0 aromatic carbocycles. The monoisotopic (exact) mass is 1940 g/mol. The average molecular weight is 1940 g/mol. The molecule has 6 N–H and O–H groups in total. The molecule has 0 fully saturated rings. The van der Waals surface area contributed by atoms with Crippen molar-refractivity contribution < 1.29 is 99.0 Å². The minimum Gasteiger partial charge on any atom is -0.462 e. The molecule has 0 spiro atoms. The number of nitrogens with one attached hydrogen (secondary N) is 4. The van der Waals surface area contributed by atoms with Crippen LogP contribution in [0.15, 0.2) is 48.6 Å². The van der Waals surface area contributed by atoms with Crippen LogP contribution < -0.4 is 21.3 Å². The molecule has 0 aromatic heterocycles. The van der Waals surface area contributed by atoms with Gasteiger partial charge in [0, 0.05) is 51.6 Å². The first-order valence-electron chi connectivity index (χ1n) is 54.6. The van der Waals surface area contributed by atoms with Crippen LogP contribution in [-0.2, 0) is 84.4 Å². The Bertz CT molecular complexity index is 2790. The number of amides is 4. The molecule has 0 saturated heterocycles. The highest BCUT2D eigenvalue weighted by Gasteiger charge is 2.30. The third kappa shape index (κ3) is 91.0. The Morgan fingerprint density at radius 2 is 0.485 bits per heavy atom. The molecule has 0 aliphatic rings. The zero-order valence-electron chi connectivity index (χ0n) is 86.3. The number of phosphoric acid groups is 2. The predicted octanol–water partition coefficient (Wildman–Crippen LogP) is 28.1. The summed E-state index contributed by atoms with van der Waals surface area (Å²) in [5, 5.41) is 10.8. The van der Waals surface area contributed by atoms with Crippen LogP contribution in [0.4, 0.5) is 4.79 Å². The molecule has 0 radical (unpaired) electrons. The van der Waals surface area contributed by atoms with Crippen LogP contribution in [0.2, 0.25) is 0 Å². The number of phosphoric ester groups is 2. The van der Waals surface area contributed by atoms with E-state index in [1.165, 1.54) is 128 Å². The van der Waals surface area contributed by atoms with Gasteiger partial charge in [-0.1, -0.05) is 335 Å². The number of rotatable bonds is 102. The SMILES string of the molecule is CCCCCC/C=C\CCCC(=O)O[C@H](CCCCCCC)CCOCC(COP(=O)(O)OCCNC(=O)NCCOP(=O)(O)OCC(COCC[C@@H](CCCCCCC)OC(=O)CCC/C=C\CCCCCC)NC(=O)C[C@@H](CCCCCCCCCCC)OC(=O)CCC/C=C/CCCCCC)NC(=O)C[C@@H](CCCCCCCCCCC)OC(=O)CCC/C=C/CCCCCC. The summed E-state index contributed by atoms with van der Waals surface area (Å²) in [5.41, 5.74) is 0. The van der Waals surface area contributed by atoms with Gasteiger partial charge in [0.2, 0.25) is 11.8 Å². The van der Waals surface area contributed by atoms with E-state index in [0.29, 0.717) is 77.0 Å². The Kier molecular flexibility index (Phi) is 93.6. The Hall–Kier alpha value is -4.81. The Labute approximate surface area is 816 Å². The third-order valence-electron chi connectivity index (χ3n) is 23.8. The van der Waals surface area contributed by atoms with E-state index in [0.717, 1.165) is 205 Å². The number of unbranched alkanes of at least 4 members (excludes halogenated alkanes) is 44. The fraction of sp³-hybridized carbons (Fsp3) is 0.860. The highest BCUT2D eigenvalue weighted by molar-refractivity contribution is 7.47. The molecule has 0 aliphatic carbocycles. The molecule has 25 nitrogen and oxygen atoms in total. The molecule has 0 heterocycles. The average Bonchev–Trinajstić information content (AvgIpc) is 0.900. The van der Waals surface area contributed by atoms with E-state index < -0.39 is 96.4 Å². The van der Waals surface area contributed by atoms with Crippen LogP contribution in [0.1, 0.15) is 492 Å². The molecular formula is C107H200N4O21P2. The van der Waals surface area contributed by atoms with Crippen molar-refractivity contribution in [2.75, 3.05) is 65.9 Å². The van der Waals surface area contributed by atoms with Crippen LogP contribution in [0.25, 0.3) is 0 Å². The van der Waals surface area contributed by atoms with E-state index in [4.69, 9.17) is 46.5 Å². The van der Waals surface area contributed by atoms with Gasteiger partial charge in [0.25, 0.3) is 0 Å². The summed E-state index contributed by atoms with van der Waals surface area (Å²) >= 11 is 0. The van der Waals surface area contributed by atoms with Gasteiger partial charge in [0.15, 0.2) is 0 Å². The van der Waals surface area contributed by atoms with Crippen molar-refractivity contribution >= 4 is 57.4 Å². The number of carbonyl (C=O) groups is 7. The second kappa shape index (κ2) is 97.0. The largest absolute Gasteiger partial charge is 0.472 e. The Morgan fingerprint density at radius 3 is 0.746 bits per heavy atom. The van der Waals surface area contributed by atoms with E-state index >= 15 is 0 Å². The molecule has 0 aromatic rings. The second-order valence-electron chi connectivity index (χ2n) is 37.0. The number of hydrogen-bond acceptors (Lipinski definition) is 19. The highest BCUT2D eigenvalue weighted by Crippen LogP contribution is 2.44. The van der Waals surface area contributed by atoms with Crippen molar-refractivity contribution in [1.82, 2.24) is 21.3 Å². The van der Waals surface area contributed by atoms with E-state index in [9.17, 15) is 52.5 Å². The van der Waals surface area contributed by atoms with E-state index in [1.54, 1.807) is 0 Å². The topological polar surface area (TPSA) is 335 Å². The fourth-order valence-corrected chi connectivity index (χ4v) is 17.2. The summed E-state index contributed by atoms with van der Waals surface area (Å²) in [6.07, 6.45) is 77.3. The van der Waals surface area contributed by atoms with Crippen LogP contribution in [0.5, 0.6) is 0 Å². The fourth-order valence-electron chi connectivity index (χ4n) is 15.7. The Morgan fingerprint density at radius 1 is 0.261 bits per heavy atom. The second-order valence-corrected chi connectivity index (χ2v) is 39.9. The molecule has 8 atom stereocenters. The van der Waals surface area contributed by atoms with Crippen molar-refractivity contribution in [2.24, 2.45) is 0 Å². The van der Waals surface area contributed by atoms with Gasteiger partial charge in [0.1, 0.15) is 24.4 Å². The number of carbonyl (C=O) groups excluding carboxylic acids is 7. The van der Waals surface area contributed by atoms with Crippen molar-refractivity contribution in [1.29, 1.82) is 0 Å². The lowest BCUT2D eigenvalue weighted by Gasteiger charge is -2.23. The van der Waals surface area contributed by atoms with Crippen molar-refractivity contribution in [3.8, 4) is 0 Å². The van der Waals surface area contributed by atoms with Crippen LogP contribution >= 0.6 is 15.6 Å². The van der Waals surface area contributed by atoms with Crippen LogP contribution in [-0.4, -0.2) is 154 Å². The van der Waals surface area contributed by atoms with E-state index in [-0.39, 0.29) is 89.1 Å². The maximum absolute atomic E-state index is 14.2. The molecule has 4 amide bonds. The first-order chi connectivity index (χ1) is 65.2. The van der Waals surface area contributed by atoms with Gasteiger partial charge in [-0.05, 0) is 154 Å². The molecule has 4 unspecified atom stereocenters. The first kappa shape index (κ1) is 129. The standard InChI is InChI=1S/C107H200N4O21P2/c1-9-17-25-33-39-45-51-59-67-75-99(131-105(116)79-71-63-55-49-43-37-29-21-13-5)89-101(112)110-95(91-123-85-81-97(73-65-57-31-23-15-7)129-103(114)77-69-61-53-47-41-35-27-19-11-3)93-127-133(119,120)125-87-83-108-107(118)109-84-88-126-134(121,122)128-94-96(92-124-86-82-98(74-66-58-32-24-16-8)130-104(115)78-70-62-54-48-42-36-28-20-12-4)111-102(113)90-100(76-68-60-52-46-40-34-26-18-10-2)132-106(117)80-72-64-56-50-44-38-30-22-14-6/h47-50,53-56,95-100H,9-46,51-52,57-94H2,1-8H3,(H,110,112)(H,111,113)(H,119,120)(H,121,122)(H2,108,109,118)/b53-47-,54-48-,55-49+,56-50+/t95?,96?,97-,98-,99-,100-/m1/s1. The molecule has 27 heteroatoms. The van der Waals surface area contributed by atoms with E-state index in [2.05, 4.69) is 125 Å². The van der Waals surface area contributed by atoms with Gasteiger partial charge in [0.05, 0.1) is 77.8 Å². The maximum atomic E-state index is 14.2. The quantitative estimate of drug-likeness (QED) is 0.0108. The summed E-state index contributed by atoms with van der Waals surface area (Å²) < 4.78 is 85.3. The lowest BCUT2D eigenvalue weighted by Crippen LogP contribution is -2.43. The molecule has 0 aliphatic heterocycles. The van der Waals surface area contributed by atoms with Gasteiger partial charge >= 0.3 is 45.6 Å². The first-order valence-corrected chi connectivity index (χ1v) is 57.5. The lowest BCUT2D eigenvalue weighted by atomic mass is 10.0. The highest BCUT2D eigenvalue weighted by atomic mass is 31.2. The lowest BCUT2D eigenvalue weighted by molar-refractivity contribution is -0.152. The smallest absolute Gasteiger partial charge is 0.462 e. The minimum atomic E-state index is -4.88. The van der Waals surface area contributed by atoms with Gasteiger partial charge in [-0.15, -0.1) is 0 Å². The zero-order chi connectivity index (χ0) is 98.2. The van der Waals surface area contributed by atoms with Crippen molar-refractivity contribution in [3.05, 3.63) is 48.6 Å². The number of allylic oxidation sites excluding steroid dienone is 8.